The summed E-state index contributed by atoms with van der Waals surface area (Å²) in [5.41, 5.74) is 5.98. The molecule has 2 N–H and O–H groups in total. The lowest BCUT2D eigenvalue weighted by molar-refractivity contribution is 0.704. The highest BCUT2D eigenvalue weighted by atomic mass is 16.1. The summed E-state index contributed by atoms with van der Waals surface area (Å²) in [4.78, 5) is 20.0. The Balaban J connectivity index is 2.32. The van der Waals surface area contributed by atoms with Gasteiger partial charge in [-0.15, -0.1) is 0 Å². The van der Waals surface area contributed by atoms with Gasteiger partial charge < -0.3 is 10.3 Å². The molecule has 0 aliphatic heterocycles. The molecule has 0 atom stereocenters. The molecule has 0 bridgehead atoms. The first-order valence-corrected chi connectivity index (χ1v) is 4.95. The van der Waals surface area contributed by atoms with E-state index in [1.165, 1.54) is 0 Å². The average Bonchev–Trinajstić information content (AvgIpc) is 2.33. The van der Waals surface area contributed by atoms with Crippen LogP contribution in [0.3, 0.4) is 0 Å². The molecule has 16 heavy (non-hydrogen) atoms. The number of rotatable bonds is 3. The zero-order chi connectivity index (χ0) is 11.4. The van der Waals surface area contributed by atoms with Crippen LogP contribution >= 0.6 is 0 Å². The second-order valence-electron chi connectivity index (χ2n) is 3.34. The van der Waals surface area contributed by atoms with E-state index in [9.17, 15) is 4.79 Å². The monoisotopic (exact) mass is 216 g/mol. The highest BCUT2D eigenvalue weighted by molar-refractivity contribution is 5.10. The summed E-state index contributed by atoms with van der Waals surface area (Å²) in [6.07, 6.45) is 5.01. The molecule has 2 heterocycles. The molecule has 0 radical (unpaired) electrons. The molecule has 82 valence electrons. The maximum atomic E-state index is 11.8. The van der Waals surface area contributed by atoms with Crippen molar-refractivity contribution in [2.45, 2.75) is 13.1 Å². The fraction of sp³-hybridized carbons (Fsp3) is 0.182. The Bertz CT molecular complexity index is 521. The molecule has 0 spiro atoms. The van der Waals surface area contributed by atoms with Gasteiger partial charge in [0.05, 0.1) is 6.54 Å². The van der Waals surface area contributed by atoms with Crippen LogP contribution in [0.2, 0.25) is 0 Å². The summed E-state index contributed by atoms with van der Waals surface area (Å²) in [7, 11) is 0. The molecule has 2 aromatic rings. The third-order valence-corrected chi connectivity index (χ3v) is 2.25. The number of hydrogen-bond acceptors (Lipinski definition) is 4. The first kappa shape index (κ1) is 10.5. The topological polar surface area (TPSA) is 73.8 Å². The fourth-order valence-corrected chi connectivity index (χ4v) is 1.43. The zero-order valence-electron chi connectivity index (χ0n) is 8.71. The van der Waals surface area contributed by atoms with Crippen LogP contribution in [0.4, 0.5) is 0 Å². The number of hydrogen-bond donors (Lipinski definition) is 1. The van der Waals surface area contributed by atoms with Gasteiger partial charge in [-0.3, -0.25) is 4.79 Å². The summed E-state index contributed by atoms with van der Waals surface area (Å²) >= 11 is 0. The van der Waals surface area contributed by atoms with E-state index >= 15 is 0 Å². The first-order valence-electron chi connectivity index (χ1n) is 4.95. The van der Waals surface area contributed by atoms with E-state index in [1.54, 1.807) is 41.4 Å². The molecular weight excluding hydrogens is 204 g/mol. The molecule has 2 aromatic heterocycles. The fourth-order valence-electron chi connectivity index (χ4n) is 1.43. The smallest absolute Gasteiger partial charge is 0.255 e. The number of nitrogens with zero attached hydrogens (tertiary/aromatic N) is 3. The summed E-state index contributed by atoms with van der Waals surface area (Å²) in [5.74, 6) is 0.610. The van der Waals surface area contributed by atoms with E-state index in [0.29, 0.717) is 17.9 Å². The van der Waals surface area contributed by atoms with Gasteiger partial charge in [-0.25, -0.2) is 9.97 Å². The van der Waals surface area contributed by atoms with Gasteiger partial charge in [-0.1, -0.05) is 6.07 Å². The van der Waals surface area contributed by atoms with Crippen molar-refractivity contribution >= 4 is 0 Å². The Morgan fingerprint density at radius 2 is 2.00 bits per heavy atom. The lowest BCUT2D eigenvalue weighted by Crippen LogP contribution is -2.25. The Kier molecular flexibility index (Phi) is 3.07. The molecule has 5 heteroatoms. The predicted molar refractivity (Wildman–Crippen MR) is 59.7 cm³/mol. The van der Waals surface area contributed by atoms with Crippen LogP contribution in [0.1, 0.15) is 11.4 Å². The van der Waals surface area contributed by atoms with Gasteiger partial charge in [0.25, 0.3) is 5.56 Å². The lowest BCUT2D eigenvalue weighted by atomic mass is 10.3. The van der Waals surface area contributed by atoms with Crippen LogP contribution in [0.5, 0.6) is 0 Å². The molecule has 0 saturated carbocycles. The van der Waals surface area contributed by atoms with Crippen LogP contribution in [-0.2, 0) is 13.1 Å². The summed E-state index contributed by atoms with van der Waals surface area (Å²) in [5, 5.41) is 0. The maximum Gasteiger partial charge on any atom is 0.255 e. The van der Waals surface area contributed by atoms with Gasteiger partial charge in [0.2, 0.25) is 0 Å². The Morgan fingerprint density at radius 3 is 2.69 bits per heavy atom. The third kappa shape index (κ3) is 2.14. The van der Waals surface area contributed by atoms with Gasteiger partial charge in [-0.2, -0.15) is 0 Å². The molecule has 0 aliphatic carbocycles. The highest BCUT2D eigenvalue weighted by Crippen LogP contribution is 1.94. The van der Waals surface area contributed by atoms with Crippen LogP contribution < -0.4 is 11.3 Å². The minimum absolute atomic E-state index is 0.0857. The van der Waals surface area contributed by atoms with Crippen LogP contribution in [0.15, 0.2) is 41.6 Å². The normalized spacial score (nSPS) is 10.3. The van der Waals surface area contributed by atoms with Crippen molar-refractivity contribution in [1.29, 1.82) is 0 Å². The quantitative estimate of drug-likeness (QED) is 0.792. The zero-order valence-corrected chi connectivity index (χ0v) is 8.71. The van der Waals surface area contributed by atoms with Crippen molar-refractivity contribution in [2.75, 3.05) is 0 Å². The van der Waals surface area contributed by atoms with Crippen molar-refractivity contribution in [3.63, 3.8) is 0 Å². The van der Waals surface area contributed by atoms with Crippen molar-refractivity contribution in [2.24, 2.45) is 5.73 Å². The van der Waals surface area contributed by atoms with Gasteiger partial charge >= 0.3 is 0 Å². The van der Waals surface area contributed by atoms with Gasteiger partial charge in [0.1, 0.15) is 5.82 Å². The average molecular weight is 216 g/mol. The van der Waals surface area contributed by atoms with E-state index < -0.39 is 0 Å². The minimum atomic E-state index is -0.0857. The highest BCUT2D eigenvalue weighted by Gasteiger charge is 2.02. The van der Waals surface area contributed by atoms with Crippen LogP contribution in [-0.4, -0.2) is 14.5 Å². The molecule has 0 amide bonds. The summed E-state index contributed by atoms with van der Waals surface area (Å²) < 4.78 is 1.55. The second kappa shape index (κ2) is 4.67. The Hall–Kier alpha value is -2.01. The first-order chi connectivity index (χ1) is 7.81. The standard InChI is InChI=1S/C11H12N4O/c12-7-9-3-1-6-15(11(9)16)8-10-13-4-2-5-14-10/h1-6H,7-8,12H2. The summed E-state index contributed by atoms with van der Waals surface area (Å²) in [6, 6.07) is 5.26. The van der Waals surface area contributed by atoms with Crippen molar-refractivity contribution in [3.8, 4) is 0 Å². The third-order valence-electron chi connectivity index (χ3n) is 2.25. The molecular formula is C11H12N4O. The van der Waals surface area contributed by atoms with Gasteiger partial charge in [-0.05, 0) is 12.1 Å². The van der Waals surface area contributed by atoms with Crippen molar-refractivity contribution < 1.29 is 0 Å². The molecule has 0 saturated heterocycles. The molecule has 0 unspecified atom stereocenters. The molecule has 2 rings (SSSR count). The molecule has 0 aromatic carbocycles. The predicted octanol–water partition coefficient (Wildman–Crippen LogP) is 0.145. The Labute approximate surface area is 92.6 Å². The maximum absolute atomic E-state index is 11.8. The van der Waals surface area contributed by atoms with E-state index in [1.807, 2.05) is 0 Å². The van der Waals surface area contributed by atoms with E-state index in [2.05, 4.69) is 9.97 Å². The molecule has 0 aliphatic rings. The van der Waals surface area contributed by atoms with Gasteiger partial charge in [0.15, 0.2) is 0 Å². The van der Waals surface area contributed by atoms with E-state index in [0.717, 1.165) is 0 Å². The van der Waals surface area contributed by atoms with E-state index in [-0.39, 0.29) is 12.1 Å². The van der Waals surface area contributed by atoms with Crippen molar-refractivity contribution in [3.05, 3.63) is 58.5 Å². The second-order valence-corrected chi connectivity index (χ2v) is 3.34. The SMILES string of the molecule is NCc1cccn(Cc2ncccn2)c1=O. The number of pyridine rings is 1. The largest absolute Gasteiger partial charge is 0.326 e. The van der Waals surface area contributed by atoms with Crippen LogP contribution in [0.25, 0.3) is 0 Å². The number of nitrogens with two attached hydrogens (primary N) is 1. The lowest BCUT2D eigenvalue weighted by Gasteiger charge is -2.05. The summed E-state index contributed by atoms with van der Waals surface area (Å²) in [6.45, 7) is 0.614. The van der Waals surface area contributed by atoms with Gasteiger partial charge in [0, 0.05) is 30.7 Å². The van der Waals surface area contributed by atoms with E-state index in [4.69, 9.17) is 5.73 Å². The van der Waals surface area contributed by atoms with Crippen LogP contribution in [0, 0.1) is 0 Å². The molecule has 0 fully saturated rings. The minimum Gasteiger partial charge on any atom is -0.326 e. The van der Waals surface area contributed by atoms with Crippen molar-refractivity contribution in [1.82, 2.24) is 14.5 Å². The molecule has 5 nitrogen and oxygen atoms in total. The number of aromatic nitrogens is 3. The Morgan fingerprint density at radius 1 is 1.25 bits per heavy atom.